The lowest BCUT2D eigenvalue weighted by atomic mass is 9.68. The number of nitrogens with zero attached hydrogens (tertiary/aromatic N) is 2. The molecular formula is C25H22N2. The van der Waals surface area contributed by atoms with Gasteiger partial charge in [0.1, 0.15) is 0 Å². The molecule has 0 aliphatic carbocycles. The van der Waals surface area contributed by atoms with Gasteiger partial charge in [-0.15, -0.1) is 6.58 Å². The Morgan fingerprint density at radius 1 is 0.963 bits per heavy atom. The molecule has 2 heteroatoms. The molecule has 0 aromatic heterocycles. The molecule has 3 aromatic rings. The number of aryl methyl sites for hydroxylation is 1. The molecule has 27 heavy (non-hydrogen) atoms. The summed E-state index contributed by atoms with van der Waals surface area (Å²) in [5.41, 5.74) is 2.01. The predicted octanol–water partition coefficient (Wildman–Crippen LogP) is 6.08. The van der Waals surface area contributed by atoms with Gasteiger partial charge in [0.2, 0.25) is 0 Å². The number of rotatable bonds is 6. The Balaban J connectivity index is 2.16. The van der Waals surface area contributed by atoms with Crippen molar-refractivity contribution in [3.8, 4) is 12.1 Å². The van der Waals surface area contributed by atoms with Crippen molar-refractivity contribution >= 4 is 10.8 Å². The van der Waals surface area contributed by atoms with E-state index in [4.69, 9.17) is 0 Å². The number of hydrogen-bond acceptors (Lipinski definition) is 2. The first-order chi connectivity index (χ1) is 13.1. The molecule has 2 nitrogen and oxygen atoms in total. The third kappa shape index (κ3) is 3.48. The maximum Gasteiger partial charge on any atom is 0.154 e. The number of hydrogen-bond donors (Lipinski definition) is 0. The zero-order valence-corrected chi connectivity index (χ0v) is 15.5. The largest absolute Gasteiger partial charge is 0.197 e. The summed E-state index contributed by atoms with van der Waals surface area (Å²) in [4.78, 5) is 0. The van der Waals surface area contributed by atoms with Crippen LogP contribution in [0.3, 0.4) is 0 Å². The van der Waals surface area contributed by atoms with Crippen LogP contribution in [0, 0.1) is 35.0 Å². The van der Waals surface area contributed by atoms with Crippen LogP contribution in [-0.4, -0.2) is 0 Å². The number of allylic oxidation sites excluding steroid dienone is 1. The van der Waals surface area contributed by atoms with Gasteiger partial charge < -0.3 is 0 Å². The summed E-state index contributed by atoms with van der Waals surface area (Å²) in [5.74, 6) is -0.232. The summed E-state index contributed by atoms with van der Waals surface area (Å²) in [7, 11) is 0. The summed E-state index contributed by atoms with van der Waals surface area (Å²) in [6.07, 6.45) is 2.77. The highest BCUT2D eigenvalue weighted by atomic mass is 14.5. The van der Waals surface area contributed by atoms with Gasteiger partial charge in [0.05, 0.1) is 12.1 Å². The van der Waals surface area contributed by atoms with Gasteiger partial charge in [0, 0.05) is 12.3 Å². The van der Waals surface area contributed by atoms with E-state index in [1.54, 1.807) is 6.08 Å². The van der Waals surface area contributed by atoms with E-state index < -0.39 is 5.41 Å². The lowest BCUT2D eigenvalue weighted by molar-refractivity contribution is 0.408. The minimum Gasteiger partial charge on any atom is -0.197 e. The average molecular weight is 350 g/mol. The smallest absolute Gasteiger partial charge is 0.154 e. The van der Waals surface area contributed by atoms with Crippen LogP contribution in [0.25, 0.3) is 10.8 Å². The van der Waals surface area contributed by atoms with Crippen LogP contribution in [0.2, 0.25) is 0 Å². The van der Waals surface area contributed by atoms with Crippen LogP contribution in [0.5, 0.6) is 0 Å². The van der Waals surface area contributed by atoms with Crippen molar-refractivity contribution in [1.29, 1.82) is 10.5 Å². The van der Waals surface area contributed by atoms with Gasteiger partial charge in [-0.1, -0.05) is 72.8 Å². The first-order valence-corrected chi connectivity index (χ1v) is 9.11. The zero-order chi connectivity index (χ0) is 19.3. The van der Waals surface area contributed by atoms with Gasteiger partial charge in [-0.25, -0.2) is 0 Å². The molecule has 0 saturated heterocycles. The van der Waals surface area contributed by atoms with Crippen molar-refractivity contribution in [3.63, 3.8) is 0 Å². The molecule has 0 fully saturated rings. The molecular weight excluding hydrogens is 328 g/mol. The molecule has 0 radical (unpaired) electrons. The van der Waals surface area contributed by atoms with E-state index in [1.165, 1.54) is 0 Å². The highest BCUT2D eigenvalue weighted by molar-refractivity contribution is 5.87. The van der Waals surface area contributed by atoms with Crippen LogP contribution in [0.1, 0.15) is 29.0 Å². The molecule has 1 atom stereocenters. The lowest BCUT2D eigenvalue weighted by Gasteiger charge is -2.30. The Kier molecular flexibility index (Phi) is 5.39. The van der Waals surface area contributed by atoms with Crippen molar-refractivity contribution in [2.45, 2.75) is 25.7 Å². The van der Waals surface area contributed by atoms with E-state index >= 15 is 0 Å². The summed E-state index contributed by atoms with van der Waals surface area (Å²) in [5, 5.41) is 22.5. The average Bonchev–Trinajstić information content (AvgIpc) is 2.73. The van der Waals surface area contributed by atoms with E-state index in [2.05, 4.69) is 43.0 Å². The molecule has 3 aromatic carbocycles. The second kappa shape index (κ2) is 7.90. The lowest BCUT2D eigenvalue weighted by Crippen LogP contribution is -2.29. The van der Waals surface area contributed by atoms with Crippen LogP contribution in [0.4, 0.5) is 0 Å². The minimum absolute atomic E-state index is 0.232. The van der Waals surface area contributed by atoms with E-state index in [0.717, 1.165) is 27.5 Å². The van der Waals surface area contributed by atoms with Crippen molar-refractivity contribution in [1.82, 2.24) is 0 Å². The normalized spacial score (nSPS) is 12.1. The van der Waals surface area contributed by atoms with Crippen LogP contribution in [0.15, 0.2) is 79.4 Å². The summed E-state index contributed by atoms with van der Waals surface area (Å²) in [6.45, 7) is 5.91. The first kappa shape index (κ1) is 18.4. The number of fused-ring (bicyclic) bond motifs is 1. The number of benzene rings is 3. The topological polar surface area (TPSA) is 47.6 Å². The molecule has 0 aliphatic heterocycles. The summed E-state index contributed by atoms with van der Waals surface area (Å²) >= 11 is 0. The van der Waals surface area contributed by atoms with Crippen LogP contribution >= 0.6 is 0 Å². The molecule has 3 rings (SSSR count). The van der Waals surface area contributed by atoms with E-state index in [9.17, 15) is 10.5 Å². The molecule has 0 N–H and O–H groups in total. The van der Waals surface area contributed by atoms with E-state index in [1.807, 2.05) is 49.4 Å². The molecule has 0 spiro atoms. The maximum absolute atomic E-state index is 10.2. The second-order valence-electron chi connectivity index (χ2n) is 6.94. The highest BCUT2D eigenvalue weighted by Crippen LogP contribution is 2.42. The fourth-order valence-corrected chi connectivity index (χ4v) is 3.82. The van der Waals surface area contributed by atoms with Crippen molar-refractivity contribution in [2.24, 2.45) is 5.41 Å². The van der Waals surface area contributed by atoms with Gasteiger partial charge in [-0.05, 0) is 40.8 Å². The SMILES string of the molecule is C=CCC(c1ccccc1)C(C#N)(C#N)Cc1c(C)ccc2ccccc12. The maximum atomic E-state index is 10.2. The van der Waals surface area contributed by atoms with Gasteiger partial charge in [-0.2, -0.15) is 10.5 Å². The molecule has 1 unspecified atom stereocenters. The van der Waals surface area contributed by atoms with Crippen molar-refractivity contribution in [2.75, 3.05) is 0 Å². The molecule has 0 bridgehead atoms. The van der Waals surface area contributed by atoms with E-state index in [0.29, 0.717) is 12.8 Å². The Morgan fingerprint density at radius 2 is 1.63 bits per heavy atom. The molecule has 0 heterocycles. The Hall–Kier alpha value is -3.36. The number of nitriles is 2. The fourth-order valence-electron chi connectivity index (χ4n) is 3.82. The third-order valence-electron chi connectivity index (χ3n) is 5.33. The highest BCUT2D eigenvalue weighted by Gasteiger charge is 2.40. The van der Waals surface area contributed by atoms with E-state index in [-0.39, 0.29) is 5.92 Å². The van der Waals surface area contributed by atoms with Crippen LogP contribution < -0.4 is 0 Å². The molecule has 0 aliphatic rings. The predicted molar refractivity (Wildman–Crippen MR) is 110 cm³/mol. The second-order valence-corrected chi connectivity index (χ2v) is 6.94. The van der Waals surface area contributed by atoms with Crippen molar-refractivity contribution < 1.29 is 0 Å². The monoisotopic (exact) mass is 350 g/mol. The molecule has 132 valence electrons. The van der Waals surface area contributed by atoms with Gasteiger partial charge in [-0.3, -0.25) is 0 Å². The summed E-state index contributed by atoms with van der Waals surface area (Å²) in [6, 6.07) is 26.9. The molecule has 0 saturated carbocycles. The van der Waals surface area contributed by atoms with Gasteiger partial charge in [0.15, 0.2) is 5.41 Å². The third-order valence-corrected chi connectivity index (χ3v) is 5.33. The quantitative estimate of drug-likeness (QED) is 0.505. The molecule has 0 amide bonds. The van der Waals surface area contributed by atoms with Crippen molar-refractivity contribution in [3.05, 3.63) is 96.1 Å². The Morgan fingerprint density at radius 3 is 2.30 bits per heavy atom. The first-order valence-electron chi connectivity index (χ1n) is 9.11. The van der Waals surface area contributed by atoms with Crippen LogP contribution in [-0.2, 0) is 6.42 Å². The standard InChI is InChI=1S/C25H22N2/c1-3-9-24(21-11-5-4-6-12-21)25(17-26,18-27)16-23-19(2)14-15-20-10-7-8-13-22(20)23/h3-8,10-15,24H,1,9,16H2,2H3. The summed E-state index contributed by atoms with van der Waals surface area (Å²) < 4.78 is 0. The Bertz CT molecular complexity index is 1020. The Labute approximate surface area is 161 Å². The van der Waals surface area contributed by atoms with Gasteiger partial charge >= 0.3 is 0 Å². The zero-order valence-electron chi connectivity index (χ0n) is 15.5. The van der Waals surface area contributed by atoms with Gasteiger partial charge in [0.25, 0.3) is 0 Å². The fraction of sp³-hybridized carbons (Fsp3) is 0.200. The minimum atomic E-state index is -1.16.